The van der Waals surface area contributed by atoms with Gasteiger partial charge in [-0.2, -0.15) is 0 Å². The summed E-state index contributed by atoms with van der Waals surface area (Å²) in [5, 5.41) is 8.84. The molecular weight excluding hydrogens is 226 g/mol. The fraction of sp³-hybridized carbons (Fsp3) is 0.0909. The lowest BCUT2D eigenvalue weighted by atomic mass is 10.3. The van der Waals surface area contributed by atoms with Gasteiger partial charge >= 0.3 is 5.97 Å². The van der Waals surface area contributed by atoms with E-state index in [2.05, 4.69) is 4.98 Å². The molecular formula is C11H9NO3S. The lowest BCUT2D eigenvalue weighted by molar-refractivity contribution is 0.0688. The Hall–Kier alpha value is -1.88. The van der Waals surface area contributed by atoms with Crippen LogP contribution in [0.3, 0.4) is 0 Å². The molecule has 0 saturated heterocycles. The Morgan fingerprint density at radius 2 is 2.12 bits per heavy atom. The third-order valence-electron chi connectivity index (χ3n) is 1.96. The topological polar surface area (TPSA) is 59.4 Å². The normalized spacial score (nSPS) is 10.0. The first-order valence-electron chi connectivity index (χ1n) is 4.61. The van der Waals surface area contributed by atoms with Crippen molar-refractivity contribution in [2.75, 3.05) is 0 Å². The summed E-state index contributed by atoms with van der Waals surface area (Å²) in [6, 6.07) is 9.26. The molecule has 0 aliphatic rings. The third-order valence-corrected chi connectivity index (χ3v) is 2.76. The molecule has 1 aromatic carbocycles. The molecule has 0 aliphatic carbocycles. The second-order valence-electron chi connectivity index (χ2n) is 3.03. The Balaban J connectivity index is 2.05. The maximum Gasteiger partial charge on any atom is 0.355 e. The number of rotatable bonds is 4. The first kappa shape index (κ1) is 10.6. The van der Waals surface area contributed by atoms with Crippen LogP contribution in [0.1, 0.15) is 15.4 Å². The van der Waals surface area contributed by atoms with Gasteiger partial charge < -0.3 is 9.84 Å². The predicted octanol–water partition coefficient (Wildman–Crippen LogP) is 2.42. The monoisotopic (exact) mass is 235 g/mol. The molecule has 0 bridgehead atoms. The molecule has 1 N–H and O–H groups in total. The SMILES string of the molecule is O=C(O)c1ncsc1COc1ccccc1. The third kappa shape index (κ3) is 2.38. The van der Waals surface area contributed by atoms with Crippen LogP contribution < -0.4 is 4.74 Å². The molecule has 0 amide bonds. The van der Waals surface area contributed by atoms with Gasteiger partial charge in [-0.05, 0) is 12.1 Å². The Kier molecular flexibility index (Phi) is 3.16. The van der Waals surface area contributed by atoms with Crippen LogP contribution in [0.2, 0.25) is 0 Å². The highest BCUT2D eigenvalue weighted by Crippen LogP contribution is 2.17. The molecule has 5 heteroatoms. The van der Waals surface area contributed by atoms with Crippen LogP contribution in [-0.2, 0) is 6.61 Å². The summed E-state index contributed by atoms with van der Waals surface area (Å²) < 4.78 is 5.45. The maximum absolute atomic E-state index is 10.8. The minimum Gasteiger partial charge on any atom is -0.488 e. The number of carboxylic acid groups (broad SMARTS) is 1. The Morgan fingerprint density at radius 3 is 2.81 bits per heavy atom. The van der Waals surface area contributed by atoms with Crippen molar-refractivity contribution in [2.45, 2.75) is 6.61 Å². The van der Waals surface area contributed by atoms with E-state index in [-0.39, 0.29) is 12.3 Å². The number of benzene rings is 1. The van der Waals surface area contributed by atoms with E-state index in [9.17, 15) is 4.79 Å². The number of hydrogen-bond acceptors (Lipinski definition) is 4. The Labute approximate surface area is 96.1 Å². The molecule has 2 aromatic rings. The number of nitrogens with zero attached hydrogens (tertiary/aromatic N) is 1. The van der Waals surface area contributed by atoms with Crippen molar-refractivity contribution in [3.63, 3.8) is 0 Å². The van der Waals surface area contributed by atoms with Gasteiger partial charge in [0.25, 0.3) is 0 Å². The molecule has 0 atom stereocenters. The van der Waals surface area contributed by atoms with E-state index in [1.807, 2.05) is 30.3 Å². The van der Waals surface area contributed by atoms with Crippen LogP contribution in [0, 0.1) is 0 Å². The molecule has 16 heavy (non-hydrogen) atoms. The van der Waals surface area contributed by atoms with Gasteiger partial charge in [0, 0.05) is 0 Å². The zero-order valence-electron chi connectivity index (χ0n) is 8.29. The molecule has 2 rings (SSSR count). The first-order valence-corrected chi connectivity index (χ1v) is 5.49. The molecule has 0 spiro atoms. The zero-order chi connectivity index (χ0) is 11.4. The average molecular weight is 235 g/mol. The van der Waals surface area contributed by atoms with Crippen molar-refractivity contribution in [2.24, 2.45) is 0 Å². The van der Waals surface area contributed by atoms with Gasteiger partial charge in [-0.1, -0.05) is 18.2 Å². The van der Waals surface area contributed by atoms with Crippen molar-refractivity contribution >= 4 is 17.3 Å². The van der Waals surface area contributed by atoms with Gasteiger partial charge in [0.1, 0.15) is 12.4 Å². The number of carbonyl (C=O) groups is 1. The van der Waals surface area contributed by atoms with Crippen molar-refractivity contribution < 1.29 is 14.6 Å². The fourth-order valence-electron chi connectivity index (χ4n) is 1.21. The van der Waals surface area contributed by atoms with Crippen LogP contribution in [0.25, 0.3) is 0 Å². The number of ether oxygens (including phenoxy) is 1. The number of carboxylic acids is 1. The first-order chi connectivity index (χ1) is 7.77. The van der Waals surface area contributed by atoms with E-state index in [4.69, 9.17) is 9.84 Å². The lowest BCUT2D eigenvalue weighted by Gasteiger charge is -2.04. The molecule has 0 fully saturated rings. The van der Waals surface area contributed by atoms with Crippen molar-refractivity contribution in [1.82, 2.24) is 4.98 Å². The minimum atomic E-state index is -1.02. The molecule has 0 unspecified atom stereocenters. The quantitative estimate of drug-likeness (QED) is 0.884. The van der Waals surface area contributed by atoms with E-state index in [0.29, 0.717) is 10.6 Å². The summed E-state index contributed by atoms with van der Waals surface area (Å²) >= 11 is 1.28. The van der Waals surface area contributed by atoms with Crippen LogP contribution in [0.5, 0.6) is 5.75 Å². The predicted molar refractivity (Wildman–Crippen MR) is 59.8 cm³/mol. The number of aromatic nitrogens is 1. The van der Waals surface area contributed by atoms with Gasteiger partial charge in [0.05, 0.1) is 10.4 Å². The molecule has 0 saturated carbocycles. The molecule has 0 aliphatic heterocycles. The average Bonchev–Trinajstić information content (AvgIpc) is 2.76. The van der Waals surface area contributed by atoms with E-state index in [1.54, 1.807) is 0 Å². The smallest absolute Gasteiger partial charge is 0.355 e. The summed E-state index contributed by atoms with van der Waals surface area (Å²) in [6.45, 7) is 0.232. The van der Waals surface area contributed by atoms with Gasteiger partial charge in [-0.3, -0.25) is 0 Å². The van der Waals surface area contributed by atoms with Crippen LogP contribution in [0.4, 0.5) is 0 Å². The summed E-state index contributed by atoms with van der Waals surface area (Å²) in [7, 11) is 0. The fourth-order valence-corrected chi connectivity index (χ4v) is 1.88. The second kappa shape index (κ2) is 4.76. The van der Waals surface area contributed by atoms with Crippen LogP contribution in [-0.4, -0.2) is 16.1 Å². The number of aromatic carboxylic acids is 1. The van der Waals surface area contributed by atoms with Crippen molar-refractivity contribution in [3.8, 4) is 5.75 Å². The highest BCUT2D eigenvalue weighted by molar-refractivity contribution is 7.09. The standard InChI is InChI=1S/C11H9NO3S/c13-11(14)10-9(16-7-12-10)6-15-8-4-2-1-3-5-8/h1-5,7H,6H2,(H,13,14). The molecule has 82 valence electrons. The zero-order valence-corrected chi connectivity index (χ0v) is 9.11. The Bertz CT molecular complexity index is 481. The minimum absolute atomic E-state index is 0.0703. The summed E-state index contributed by atoms with van der Waals surface area (Å²) in [6.07, 6.45) is 0. The van der Waals surface area contributed by atoms with E-state index < -0.39 is 5.97 Å². The van der Waals surface area contributed by atoms with Crippen molar-refractivity contribution in [3.05, 3.63) is 46.4 Å². The maximum atomic E-state index is 10.8. The summed E-state index contributed by atoms with van der Waals surface area (Å²) in [5.41, 5.74) is 1.58. The number of thiazole rings is 1. The molecule has 1 aromatic heterocycles. The highest BCUT2D eigenvalue weighted by atomic mass is 32.1. The van der Waals surface area contributed by atoms with E-state index >= 15 is 0 Å². The van der Waals surface area contributed by atoms with E-state index in [0.717, 1.165) is 0 Å². The van der Waals surface area contributed by atoms with Gasteiger partial charge in [-0.25, -0.2) is 9.78 Å². The van der Waals surface area contributed by atoms with Crippen molar-refractivity contribution in [1.29, 1.82) is 0 Å². The lowest BCUT2D eigenvalue weighted by Crippen LogP contribution is -2.03. The van der Waals surface area contributed by atoms with Gasteiger partial charge in [-0.15, -0.1) is 11.3 Å². The number of hydrogen-bond donors (Lipinski definition) is 1. The summed E-state index contributed by atoms with van der Waals surface area (Å²) in [5.74, 6) is -0.305. The largest absolute Gasteiger partial charge is 0.488 e. The van der Waals surface area contributed by atoms with Gasteiger partial charge in [0.15, 0.2) is 5.69 Å². The Morgan fingerprint density at radius 1 is 1.38 bits per heavy atom. The number of para-hydroxylation sites is 1. The second-order valence-corrected chi connectivity index (χ2v) is 3.97. The van der Waals surface area contributed by atoms with Crippen LogP contribution in [0.15, 0.2) is 35.8 Å². The molecule has 1 heterocycles. The van der Waals surface area contributed by atoms with E-state index in [1.165, 1.54) is 16.8 Å². The van der Waals surface area contributed by atoms with Gasteiger partial charge in [0.2, 0.25) is 0 Å². The van der Waals surface area contributed by atoms with Crippen LogP contribution >= 0.6 is 11.3 Å². The molecule has 4 nitrogen and oxygen atoms in total. The molecule has 0 radical (unpaired) electrons. The summed E-state index contributed by atoms with van der Waals surface area (Å²) in [4.78, 5) is 15.2. The highest BCUT2D eigenvalue weighted by Gasteiger charge is 2.13.